The van der Waals surface area contributed by atoms with E-state index in [1.54, 1.807) is 11.3 Å². The average molecular weight is 517 g/mol. The summed E-state index contributed by atoms with van der Waals surface area (Å²) in [6.07, 6.45) is 0.833. The number of para-hydroxylation sites is 1. The molecule has 6 nitrogen and oxygen atoms in total. The number of pyridine rings is 1. The van der Waals surface area contributed by atoms with Gasteiger partial charge in [-0.25, -0.2) is 9.97 Å². The predicted molar refractivity (Wildman–Crippen MR) is 151 cm³/mol. The number of ether oxygens (including phenoxy) is 1. The number of nitrogens with zero attached hydrogens (tertiary/aromatic N) is 4. The van der Waals surface area contributed by atoms with E-state index in [0.717, 1.165) is 50.4 Å². The Bertz CT molecular complexity index is 1490. The van der Waals surface area contributed by atoms with Crippen molar-refractivity contribution in [2.45, 2.75) is 13.3 Å². The van der Waals surface area contributed by atoms with Crippen LogP contribution in [0.3, 0.4) is 0 Å². The second-order valence-corrected chi connectivity index (χ2v) is 10.7. The Kier molecular flexibility index (Phi) is 7.27. The lowest BCUT2D eigenvalue weighted by molar-refractivity contribution is 0.0987. The molecule has 0 spiro atoms. The van der Waals surface area contributed by atoms with Gasteiger partial charge in [0.05, 0.1) is 38.5 Å². The highest BCUT2D eigenvalue weighted by Crippen LogP contribution is 2.34. The second-order valence-electron chi connectivity index (χ2n) is 8.72. The lowest BCUT2D eigenvalue weighted by Crippen LogP contribution is -2.33. The lowest BCUT2D eigenvalue weighted by Gasteiger charge is -2.22. The van der Waals surface area contributed by atoms with E-state index in [4.69, 9.17) is 14.7 Å². The molecule has 0 bridgehead atoms. The van der Waals surface area contributed by atoms with E-state index in [2.05, 4.69) is 4.90 Å². The number of thiophene rings is 1. The minimum Gasteiger partial charge on any atom is -0.494 e. The molecule has 0 aliphatic rings. The largest absolute Gasteiger partial charge is 0.494 e. The first kappa shape index (κ1) is 24.4. The summed E-state index contributed by atoms with van der Waals surface area (Å²) in [5.74, 6) is 0.751. The highest BCUT2D eigenvalue weighted by atomic mass is 32.1. The van der Waals surface area contributed by atoms with Crippen LogP contribution in [0.4, 0.5) is 5.13 Å². The van der Waals surface area contributed by atoms with Crippen LogP contribution in [-0.4, -0.2) is 54.6 Å². The molecule has 2 aromatic carbocycles. The van der Waals surface area contributed by atoms with E-state index in [9.17, 15) is 4.79 Å². The van der Waals surface area contributed by atoms with E-state index < -0.39 is 0 Å². The molecule has 0 atom stereocenters. The van der Waals surface area contributed by atoms with E-state index in [-0.39, 0.29) is 5.91 Å². The number of anilines is 1. The number of carbonyl (C=O) groups is 1. The van der Waals surface area contributed by atoms with Crippen LogP contribution in [0, 0.1) is 0 Å². The number of aromatic nitrogens is 2. The summed E-state index contributed by atoms with van der Waals surface area (Å²) >= 11 is 3.14. The van der Waals surface area contributed by atoms with Crippen LogP contribution in [-0.2, 0) is 0 Å². The third kappa shape index (κ3) is 5.11. The van der Waals surface area contributed by atoms with Crippen molar-refractivity contribution >= 4 is 54.8 Å². The van der Waals surface area contributed by atoms with Gasteiger partial charge in [0.25, 0.3) is 5.91 Å². The molecule has 3 heterocycles. The summed E-state index contributed by atoms with van der Waals surface area (Å²) < 4.78 is 6.68. The van der Waals surface area contributed by atoms with Crippen molar-refractivity contribution in [1.82, 2.24) is 14.9 Å². The van der Waals surface area contributed by atoms with Crippen LogP contribution in [0.2, 0.25) is 0 Å². The molecule has 184 valence electrons. The molecule has 0 unspecified atom stereocenters. The summed E-state index contributed by atoms with van der Waals surface area (Å²) in [6.45, 7) is 4.02. The second kappa shape index (κ2) is 10.7. The zero-order valence-electron chi connectivity index (χ0n) is 20.6. The SMILES string of the molecule is CCOc1ccc2nc(N(CCCN(C)C)C(=O)c3cc(-c4cccs4)nc4ccccc34)sc2c1. The first-order chi connectivity index (χ1) is 17.5. The number of hydrogen-bond acceptors (Lipinski definition) is 7. The molecule has 0 fully saturated rings. The molecule has 0 saturated heterocycles. The number of rotatable bonds is 9. The number of carbonyl (C=O) groups excluding carboxylic acids is 1. The maximum Gasteiger partial charge on any atom is 0.260 e. The fourth-order valence-electron chi connectivity index (χ4n) is 4.14. The molecule has 3 aromatic heterocycles. The Balaban J connectivity index is 1.59. The number of amides is 1. The van der Waals surface area contributed by atoms with Crippen molar-refractivity contribution in [3.63, 3.8) is 0 Å². The first-order valence-corrected chi connectivity index (χ1v) is 13.7. The monoisotopic (exact) mass is 516 g/mol. The van der Waals surface area contributed by atoms with Gasteiger partial charge >= 0.3 is 0 Å². The van der Waals surface area contributed by atoms with Crippen molar-refractivity contribution in [1.29, 1.82) is 0 Å². The number of fused-ring (bicyclic) bond motifs is 2. The molecule has 0 radical (unpaired) electrons. The molecule has 0 aliphatic heterocycles. The fourth-order valence-corrected chi connectivity index (χ4v) is 5.85. The molecular weight excluding hydrogens is 488 g/mol. The van der Waals surface area contributed by atoms with Crippen LogP contribution in [0.25, 0.3) is 31.7 Å². The van der Waals surface area contributed by atoms with Gasteiger partial charge < -0.3 is 9.64 Å². The Morgan fingerprint density at radius 1 is 0.972 bits per heavy atom. The molecule has 0 saturated carbocycles. The minimum absolute atomic E-state index is 0.0609. The van der Waals surface area contributed by atoms with Gasteiger partial charge in [-0.05, 0) is 75.8 Å². The molecule has 1 amide bonds. The quantitative estimate of drug-likeness (QED) is 0.222. The normalized spacial score (nSPS) is 11.4. The van der Waals surface area contributed by atoms with Crippen LogP contribution >= 0.6 is 22.7 Å². The van der Waals surface area contributed by atoms with Crippen molar-refractivity contribution in [2.24, 2.45) is 0 Å². The predicted octanol–water partition coefficient (Wildman–Crippen LogP) is 6.57. The number of hydrogen-bond donors (Lipinski definition) is 0. The van der Waals surface area contributed by atoms with Crippen molar-refractivity contribution in [3.8, 4) is 16.3 Å². The summed E-state index contributed by atoms with van der Waals surface area (Å²) in [5.41, 5.74) is 3.13. The van der Waals surface area contributed by atoms with Crippen molar-refractivity contribution < 1.29 is 9.53 Å². The molecule has 0 N–H and O–H groups in total. The van der Waals surface area contributed by atoms with E-state index in [1.807, 2.05) is 92.0 Å². The Morgan fingerprint density at radius 2 is 1.83 bits per heavy atom. The van der Waals surface area contributed by atoms with E-state index >= 15 is 0 Å². The smallest absolute Gasteiger partial charge is 0.260 e. The zero-order valence-corrected chi connectivity index (χ0v) is 22.2. The number of thiazole rings is 1. The number of benzene rings is 2. The summed E-state index contributed by atoms with van der Waals surface area (Å²) in [4.78, 5) is 28.9. The van der Waals surface area contributed by atoms with Crippen LogP contribution < -0.4 is 9.64 Å². The van der Waals surface area contributed by atoms with Gasteiger partial charge in [-0.1, -0.05) is 35.6 Å². The summed E-state index contributed by atoms with van der Waals surface area (Å²) in [5, 5.41) is 3.57. The third-order valence-corrected chi connectivity index (χ3v) is 7.78. The van der Waals surface area contributed by atoms with Crippen molar-refractivity contribution in [3.05, 3.63) is 71.6 Å². The maximum atomic E-state index is 14.2. The maximum absolute atomic E-state index is 14.2. The van der Waals surface area contributed by atoms with Gasteiger partial charge in [-0.2, -0.15) is 0 Å². The van der Waals surface area contributed by atoms with Crippen LogP contribution in [0.15, 0.2) is 66.0 Å². The van der Waals surface area contributed by atoms with Gasteiger partial charge in [-0.3, -0.25) is 9.69 Å². The fraction of sp³-hybridized carbons (Fsp3) is 0.250. The zero-order chi connectivity index (χ0) is 25.1. The summed E-state index contributed by atoms with van der Waals surface area (Å²) in [6, 6.07) is 19.7. The lowest BCUT2D eigenvalue weighted by atomic mass is 10.1. The van der Waals surface area contributed by atoms with Crippen LogP contribution in [0.5, 0.6) is 5.75 Å². The third-order valence-electron chi connectivity index (χ3n) is 5.84. The molecule has 8 heteroatoms. The molecular formula is C28H28N4O2S2. The van der Waals surface area contributed by atoms with E-state index in [0.29, 0.717) is 23.8 Å². The van der Waals surface area contributed by atoms with Gasteiger partial charge in [-0.15, -0.1) is 11.3 Å². The Morgan fingerprint density at radius 3 is 2.61 bits per heavy atom. The van der Waals surface area contributed by atoms with Gasteiger partial charge in [0, 0.05) is 11.9 Å². The Hall–Kier alpha value is -3.33. The first-order valence-electron chi connectivity index (χ1n) is 12.0. The summed E-state index contributed by atoms with van der Waals surface area (Å²) in [7, 11) is 4.09. The molecule has 5 aromatic rings. The van der Waals surface area contributed by atoms with Gasteiger partial charge in [0.15, 0.2) is 5.13 Å². The van der Waals surface area contributed by atoms with Gasteiger partial charge in [0.2, 0.25) is 0 Å². The Labute approximate surface area is 218 Å². The standard InChI is InChI=1S/C28H28N4O2S2/c1-4-34-19-12-13-23-26(17-19)36-28(30-23)32(15-8-14-31(2)3)27(33)21-18-24(25-11-7-16-35-25)29-22-10-6-5-9-20(21)22/h5-7,9-13,16-18H,4,8,14-15H2,1-3H3. The minimum atomic E-state index is -0.0609. The highest BCUT2D eigenvalue weighted by Gasteiger charge is 2.24. The molecule has 36 heavy (non-hydrogen) atoms. The topological polar surface area (TPSA) is 58.6 Å². The van der Waals surface area contributed by atoms with Gasteiger partial charge in [0.1, 0.15) is 5.75 Å². The molecule has 0 aliphatic carbocycles. The van der Waals surface area contributed by atoms with E-state index in [1.165, 1.54) is 11.3 Å². The van der Waals surface area contributed by atoms with Crippen molar-refractivity contribution in [2.75, 3.05) is 38.7 Å². The highest BCUT2D eigenvalue weighted by molar-refractivity contribution is 7.22. The average Bonchev–Trinajstić information content (AvgIpc) is 3.56. The molecule has 5 rings (SSSR count). The van der Waals surface area contributed by atoms with Crippen LogP contribution in [0.1, 0.15) is 23.7 Å².